The molecule has 162 valence electrons. The number of nitrogens with zero attached hydrogens (tertiary/aromatic N) is 3. The maximum Gasteiger partial charge on any atom is 0.247 e. The van der Waals surface area contributed by atoms with Crippen molar-refractivity contribution in [3.63, 3.8) is 0 Å². The van der Waals surface area contributed by atoms with Crippen molar-refractivity contribution in [1.29, 1.82) is 0 Å². The Balaban J connectivity index is 1.82. The molecule has 0 unspecified atom stereocenters. The van der Waals surface area contributed by atoms with Gasteiger partial charge in [0.2, 0.25) is 5.91 Å². The fourth-order valence-electron chi connectivity index (χ4n) is 5.71. The van der Waals surface area contributed by atoms with E-state index in [1.807, 2.05) is 29.2 Å². The van der Waals surface area contributed by atoms with Crippen molar-refractivity contribution < 1.29 is 4.79 Å². The van der Waals surface area contributed by atoms with Crippen LogP contribution in [0.2, 0.25) is 0 Å². The zero-order valence-electron chi connectivity index (χ0n) is 18.8. The third-order valence-electron chi connectivity index (χ3n) is 7.08. The maximum absolute atomic E-state index is 14.6. The van der Waals surface area contributed by atoms with Gasteiger partial charge in [-0.3, -0.25) is 4.79 Å². The van der Waals surface area contributed by atoms with Gasteiger partial charge in [0.1, 0.15) is 5.41 Å². The molecule has 0 saturated carbocycles. The molecular weight excluding hydrogens is 406 g/mol. The second-order valence-corrected chi connectivity index (χ2v) is 8.81. The Kier molecular flexibility index (Phi) is 4.15. The van der Waals surface area contributed by atoms with E-state index in [0.717, 1.165) is 44.2 Å². The Morgan fingerprint density at radius 2 is 1.27 bits per heavy atom. The van der Waals surface area contributed by atoms with Crippen molar-refractivity contribution in [3.05, 3.63) is 115 Å². The summed E-state index contributed by atoms with van der Waals surface area (Å²) in [6.07, 6.45) is 6.08. The third-order valence-corrected chi connectivity index (χ3v) is 7.08. The van der Waals surface area contributed by atoms with E-state index >= 15 is 0 Å². The predicted molar refractivity (Wildman–Crippen MR) is 135 cm³/mol. The van der Waals surface area contributed by atoms with Gasteiger partial charge in [0, 0.05) is 77.2 Å². The molecule has 0 aliphatic carbocycles. The monoisotopic (exact) mass is 431 g/mol. The number of para-hydroxylation sites is 3. The Labute approximate surface area is 193 Å². The van der Waals surface area contributed by atoms with Crippen molar-refractivity contribution >= 4 is 33.4 Å². The Morgan fingerprint density at radius 1 is 0.758 bits per heavy atom. The van der Waals surface area contributed by atoms with E-state index in [0.29, 0.717) is 6.54 Å². The van der Waals surface area contributed by atoms with Crippen molar-refractivity contribution in [1.82, 2.24) is 9.13 Å². The highest BCUT2D eigenvalue weighted by atomic mass is 16.2. The van der Waals surface area contributed by atoms with Crippen LogP contribution in [0, 0.1) is 0 Å². The first kappa shape index (κ1) is 19.6. The summed E-state index contributed by atoms with van der Waals surface area (Å²) in [6.45, 7) is 4.40. The van der Waals surface area contributed by atoms with E-state index in [1.54, 1.807) is 6.08 Å². The topological polar surface area (TPSA) is 30.2 Å². The molecule has 0 radical (unpaired) electrons. The molecule has 0 N–H and O–H groups in total. The van der Waals surface area contributed by atoms with Gasteiger partial charge in [0.05, 0.1) is 0 Å². The number of carbonyl (C=O) groups is 1. The Bertz CT molecular complexity index is 1490. The molecule has 2 aromatic heterocycles. The minimum atomic E-state index is -0.957. The van der Waals surface area contributed by atoms with Crippen LogP contribution in [-0.4, -0.2) is 21.6 Å². The average molecular weight is 432 g/mol. The highest BCUT2D eigenvalue weighted by Crippen LogP contribution is 2.53. The number of fused-ring (bicyclic) bond motifs is 3. The molecule has 5 aromatic rings. The molecule has 1 amide bonds. The van der Waals surface area contributed by atoms with Crippen molar-refractivity contribution in [2.75, 3.05) is 11.4 Å². The van der Waals surface area contributed by atoms with Crippen molar-refractivity contribution in [2.45, 2.75) is 5.41 Å². The summed E-state index contributed by atoms with van der Waals surface area (Å²) in [6, 6.07) is 24.9. The van der Waals surface area contributed by atoms with Crippen LogP contribution >= 0.6 is 0 Å². The van der Waals surface area contributed by atoms with Crippen LogP contribution in [0.15, 0.2) is 97.8 Å². The molecule has 0 fully saturated rings. The zero-order valence-corrected chi connectivity index (χ0v) is 18.8. The van der Waals surface area contributed by atoms with E-state index < -0.39 is 5.41 Å². The molecular formula is C29H25N3O. The highest BCUT2D eigenvalue weighted by Gasteiger charge is 2.55. The zero-order chi connectivity index (χ0) is 22.7. The molecule has 1 aliphatic rings. The van der Waals surface area contributed by atoms with Gasteiger partial charge in [-0.1, -0.05) is 60.7 Å². The van der Waals surface area contributed by atoms with Crippen LogP contribution in [-0.2, 0) is 24.3 Å². The van der Waals surface area contributed by atoms with Gasteiger partial charge in [-0.05, 0) is 18.2 Å². The van der Waals surface area contributed by atoms with E-state index in [1.165, 1.54) is 0 Å². The van der Waals surface area contributed by atoms with Crippen LogP contribution in [0.4, 0.5) is 5.69 Å². The van der Waals surface area contributed by atoms with Crippen molar-refractivity contribution in [2.24, 2.45) is 14.1 Å². The molecule has 3 aromatic carbocycles. The summed E-state index contributed by atoms with van der Waals surface area (Å²) in [5.41, 5.74) is 5.26. The molecule has 6 rings (SSSR count). The number of hydrogen-bond acceptors (Lipinski definition) is 1. The first-order chi connectivity index (χ1) is 16.1. The molecule has 4 nitrogen and oxygen atoms in total. The Morgan fingerprint density at radius 3 is 1.85 bits per heavy atom. The molecule has 3 heterocycles. The van der Waals surface area contributed by atoms with Gasteiger partial charge in [-0.25, -0.2) is 0 Å². The fraction of sp³-hybridized carbons (Fsp3) is 0.138. The number of rotatable bonds is 4. The van der Waals surface area contributed by atoms with E-state index in [2.05, 4.69) is 90.7 Å². The first-order valence-electron chi connectivity index (χ1n) is 11.2. The number of aryl methyl sites for hydroxylation is 2. The number of anilines is 1. The molecule has 4 heteroatoms. The van der Waals surface area contributed by atoms with Crippen LogP contribution in [0.1, 0.15) is 16.7 Å². The van der Waals surface area contributed by atoms with Gasteiger partial charge in [-0.15, -0.1) is 6.58 Å². The largest absolute Gasteiger partial charge is 0.350 e. The second-order valence-electron chi connectivity index (χ2n) is 8.81. The number of hydrogen-bond donors (Lipinski definition) is 0. The quantitative estimate of drug-likeness (QED) is 0.344. The van der Waals surface area contributed by atoms with E-state index in [4.69, 9.17) is 0 Å². The molecule has 1 aliphatic heterocycles. The lowest BCUT2D eigenvalue weighted by atomic mass is 9.70. The van der Waals surface area contributed by atoms with Gasteiger partial charge in [-0.2, -0.15) is 0 Å². The lowest BCUT2D eigenvalue weighted by molar-refractivity contribution is -0.120. The smallest absolute Gasteiger partial charge is 0.247 e. The summed E-state index contributed by atoms with van der Waals surface area (Å²) < 4.78 is 4.26. The number of carbonyl (C=O) groups excluding carboxylic acids is 1. The summed E-state index contributed by atoms with van der Waals surface area (Å²) in [5, 5.41) is 2.19. The van der Waals surface area contributed by atoms with Crippen molar-refractivity contribution in [3.8, 4) is 0 Å². The lowest BCUT2D eigenvalue weighted by Gasteiger charge is -2.29. The van der Waals surface area contributed by atoms with Crippen LogP contribution in [0.5, 0.6) is 0 Å². The molecule has 0 bridgehead atoms. The molecule has 0 atom stereocenters. The first-order valence-corrected chi connectivity index (χ1v) is 11.2. The standard InChI is InChI=1S/C29H25N3O/c1-4-17-32-27-16-10-7-13-22(27)29(28(32)33,23-18-30(2)25-14-8-5-11-20(23)25)24-19-31(3)26-15-9-6-12-21(24)26/h4-16,18-19H,1,17H2,2-3H3. The third kappa shape index (κ3) is 2.43. The van der Waals surface area contributed by atoms with Gasteiger partial charge < -0.3 is 14.0 Å². The molecule has 0 spiro atoms. The highest BCUT2D eigenvalue weighted by molar-refractivity contribution is 6.17. The van der Waals surface area contributed by atoms with Crippen LogP contribution < -0.4 is 4.90 Å². The predicted octanol–water partition coefficient (Wildman–Crippen LogP) is 5.54. The van der Waals surface area contributed by atoms with Crippen LogP contribution in [0.3, 0.4) is 0 Å². The minimum Gasteiger partial charge on any atom is -0.350 e. The summed E-state index contributed by atoms with van der Waals surface area (Å²) in [5.74, 6) is 0.0660. The van der Waals surface area contributed by atoms with Gasteiger partial charge >= 0.3 is 0 Å². The van der Waals surface area contributed by atoms with E-state index in [-0.39, 0.29) is 5.91 Å². The summed E-state index contributed by atoms with van der Waals surface area (Å²) in [7, 11) is 4.10. The molecule has 33 heavy (non-hydrogen) atoms. The van der Waals surface area contributed by atoms with Gasteiger partial charge in [0.25, 0.3) is 0 Å². The SMILES string of the molecule is C=CCN1C(=O)C(c2cn(C)c3ccccc23)(c2cn(C)c3ccccc23)c2ccccc21. The van der Waals surface area contributed by atoms with Gasteiger partial charge in [0.15, 0.2) is 0 Å². The minimum absolute atomic E-state index is 0.0660. The normalized spacial score (nSPS) is 14.8. The summed E-state index contributed by atoms with van der Waals surface area (Å²) in [4.78, 5) is 16.5. The molecule has 0 saturated heterocycles. The number of amides is 1. The number of aromatic nitrogens is 2. The van der Waals surface area contributed by atoms with E-state index in [9.17, 15) is 4.79 Å². The second kappa shape index (κ2) is 6.97. The lowest BCUT2D eigenvalue weighted by Crippen LogP contribution is -2.42. The maximum atomic E-state index is 14.6. The Hall–Kier alpha value is -4.05. The summed E-state index contributed by atoms with van der Waals surface area (Å²) >= 11 is 0. The average Bonchev–Trinajstić information content (AvgIpc) is 3.44. The van der Waals surface area contributed by atoms with Crippen LogP contribution in [0.25, 0.3) is 21.8 Å². The number of benzene rings is 3. The fourth-order valence-corrected chi connectivity index (χ4v) is 5.71.